The maximum atomic E-state index is 14.5. The van der Waals surface area contributed by atoms with E-state index in [0.717, 1.165) is 37.3 Å². The summed E-state index contributed by atoms with van der Waals surface area (Å²) in [5.74, 6) is 0.997. The zero-order valence-electron chi connectivity index (χ0n) is 26.6. The Hall–Kier alpha value is -4.30. The predicted octanol–water partition coefficient (Wildman–Crippen LogP) is 3.85. The number of alkyl halides is 3. The second-order valence-electron chi connectivity index (χ2n) is 12.9. The lowest BCUT2D eigenvalue weighted by atomic mass is 9.75. The molecule has 0 saturated carbocycles. The first-order chi connectivity index (χ1) is 22.5. The van der Waals surface area contributed by atoms with Crippen molar-refractivity contribution in [1.29, 1.82) is 0 Å². The van der Waals surface area contributed by atoms with Crippen molar-refractivity contribution in [1.82, 2.24) is 30.0 Å². The van der Waals surface area contributed by atoms with E-state index in [4.69, 9.17) is 4.74 Å². The van der Waals surface area contributed by atoms with Crippen molar-refractivity contribution < 1.29 is 27.5 Å². The van der Waals surface area contributed by atoms with Gasteiger partial charge >= 0.3 is 6.18 Å². The van der Waals surface area contributed by atoms with Crippen molar-refractivity contribution in [3.8, 4) is 0 Å². The van der Waals surface area contributed by atoms with Gasteiger partial charge in [0.25, 0.3) is 5.91 Å². The van der Waals surface area contributed by atoms with Crippen LogP contribution in [0.3, 0.4) is 0 Å². The minimum Gasteiger partial charge on any atom is -0.379 e. The fourth-order valence-corrected chi connectivity index (χ4v) is 6.67. The zero-order valence-corrected chi connectivity index (χ0v) is 26.6. The first-order valence-corrected chi connectivity index (χ1v) is 15.8. The van der Waals surface area contributed by atoms with Crippen molar-refractivity contribution in [2.75, 3.05) is 49.6 Å². The first-order valence-electron chi connectivity index (χ1n) is 15.8. The van der Waals surface area contributed by atoms with Gasteiger partial charge in [0.05, 0.1) is 25.3 Å². The van der Waals surface area contributed by atoms with E-state index in [9.17, 15) is 22.8 Å². The first kappa shape index (κ1) is 32.6. The molecule has 5 heterocycles. The van der Waals surface area contributed by atoms with E-state index in [1.165, 1.54) is 17.0 Å². The Morgan fingerprint density at radius 1 is 1.21 bits per heavy atom. The van der Waals surface area contributed by atoms with Crippen LogP contribution in [0.25, 0.3) is 0 Å². The molecule has 2 aromatic heterocycles. The maximum absolute atomic E-state index is 14.5. The molecule has 0 radical (unpaired) electrons. The lowest BCUT2D eigenvalue weighted by Gasteiger charge is -2.42. The topological polar surface area (TPSA) is 118 Å². The van der Waals surface area contributed by atoms with E-state index in [1.807, 2.05) is 17.7 Å². The summed E-state index contributed by atoms with van der Waals surface area (Å²) in [7, 11) is 1.85. The van der Waals surface area contributed by atoms with Crippen LogP contribution in [0, 0.1) is 5.92 Å². The van der Waals surface area contributed by atoms with Crippen LogP contribution in [0.2, 0.25) is 0 Å². The zero-order chi connectivity index (χ0) is 33.3. The number of nitrogens with zero attached hydrogens (tertiary/aromatic N) is 6. The minimum atomic E-state index is -4.63. The molecule has 1 atom stereocenters. The molecular formula is C33H39F3N8O3. The van der Waals surface area contributed by atoms with Crippen molar-refractivity contribution >= 4 is 23.5 Å². The number of hydrogen-bond donors (Lipinski definition) is 2. The number of carbonyl (C=O) groups is 2. The second-order valence-corrected chi connectivity index (χ2v) is 12.9. The van der Waals surface area contributed by atoms with Crippen LogP contribution in [0.4, 0.5) is 24.8 Å². The van der Waals surface area contributed by atoms with E-state index in [-0.39, 0.29) is 35.9 Å². The number of carbonyl (C=O) groups excluding carboxylic acids is 2. The van der Waals surface area contributed by atoms with Crippen molar-refractivity contribution in [2.45, 2.75) is 50.9 Å². The van der Waals surface area contributed by atoms with Gasteiger partial charge in [-0.1, -0.05) is 13.5 Å². The summed E-state index contributed by atoms with van der Waals surface area (Å²) in [4.78, 5) is 33.8. The van der Waals surface area contributed by atoms with Gasteiger partial charge in [0.15, 0.2) is 0 Å². The SMILES string of the molecule is C=CC(=O)NCCNc1cc(C2(Cc3nncn3C)COC2)cc(N2Cc3c(cc(CN4CCC[C@H](C)C4)cc3C(F)(F)F)C2=O)n1. The van der Waals surface area contributed by atoms with Gasteiger partial charge in [-0.3, -0.25) is 19.4 Å². The number of rotatable bonds is 11. The molecule has 11 nitrogen and oxygen atoms in total. The number of fused-ring (bicyclic) bond motifs is 1. The number of hydrogen-bond acceptors (Lipinski definition) is 8. The van der Waals surface area contributed by atoms with Crippen LogP contribution >= 0.6 is 0 Å². The van der Waals surface area contributed by atoms with E-state index in [0.29, 0.717) is 50.0 Å². The number of piperidine rings is 1. The Bertz CT molecular complexity index is 1670. The normalized spacial score (nSPS) is 19.3. The average molecular weight is 653 g/mol. The largest absolute Gasteiger partial charge is 0.416 e. The van der Waals surface area contributed by atoms with Crippen molar-refractivity contribution in [3.05, 3.63) is 76.9 Å². The van der Waals surface area contributed by atoms with Crippen LogP contribution in [-0.4, -0.2) is 75.9 Å². The number of aryl methyl sites for hydroxylation is 1. The molecule has 2 N–H and O–H groups in total. The number of likely N-dealkylation sites (tertiary alicyclic amines) is 1. The van der Waals surface area contributed by atoms with Gasteiger partial charge in [-0.25, -0.2) is 4.98 Å². The Morgan fingerprint density at radius 2 is 2.02 bits per heavy atom. The summed E-state index contributed by atoms with van der Waals surface area (Å²) in [6.07, 6.45) is 0.741. The summed E-state index contributed by atoms with van der Waals surface area (Å²) in [5.41, 5.74) is -0.0291. The molecule has 0 aliphatic carbocycles. The molecule has 2 saturated heterocycles. The molecule has 6 rings (SSSR count). The van der Waals surface area contributed by atoms with Crippen LogP contribution < -0.4 is 15.5 Å². The van der Waals surface area contributed by atoms with Crippen molar-refractivity contribution in [3.63, 3.8) is 0 Å². The number of pyridine rings is 1. The lowest BCUT2D eigenvalue weighted by Crippen LogP contribution is -2.49. The maximum Gasteiger partial charge on any atom is 0.416 e. The molecule has 0 bridgehead atoms. The van der Waals surface area contributed by atoms with Gasteiger partial charge in [-0.05, 0) is 72.3 Å². The van der Waals surface area contributed by atoms with E-state index >= 15 is 0 Å². The summed E-state index contributed by atoms with van der Waals surface area (Å²) in [6, 6.07) is 6.43. The summed E-state index contributed by atoms with van der Waals surface area (Å²) < 4.78 is 51.0. The van der Waals surface area contributed by atoms with Gasteiger partial charge in [0.1, 0.15) is 23.8 Å². The highest BCUT2D eigenvalue weighted by atomic mass is 19.4. The van der Waals surface area contributed by atoms with E-state index in [2.05, 4.69) is 44.2 Å². The van der Waals surface area contributed by atoms with Gasteiger partial charge in [0.2, 0.25) is 5.91 Å². The number of anilines is 2. The third-order valence-electron chi connectivity index (χ3n) is 9.23. The Labute approximate surface area is 271 Å². The number of nitrogens with one attached hydrogen (secondary N) is 2. The smallest absolute Gasteiger partial charge is 0.379 e. The molecule has 0 spiro atoms. The van der Waals surface area contributed by atoms with Crippen LogP contribution in [0.5, 0.6) is 0 Å². The van der Waals surface area contributed by atoms with E-state index in [1.54, 1.807) is 18.5 Å². The molecule has 2 fully saturated rings. The fraction of sp³-hybridized carbons (Fsp3) is 0.485. The highest BCUT2D eigenvalue weighted by Crippen LogP contribution is 2.42. The second kappa shape index (κ2) is 13.1. The number of aromatic nitrogens is 4. The molecular weight excluding hydrogens is 613 g/mol. The van der Waals surface area contributed by atoms with E-state index < -0.39 is 23.1 Å². The van der Waals surface area contributed by atoms with Crippen LogP contribution in [0.1, 0.15) is 58.2 Å². The fourth-order valence-electron chi connectivity index (χ4n) is 6.67. The molecule has 14 heteroatoms. The lowest BCUT2D eigenvalue weighted by molar-refractivity contribution is -0.138. The van der Waals surface area contributed by atoms with Gasteiger partial charge in [0, 0.05) is 50.6 Å². The molecule has 250 valence electrons. The average Bonchev–Trinajstić information content (AvgIpc) is 3.57. The molecule has 3 aliphatic rings. The van der Waals surface area contributed by atoms with Crippen molar-refractivity contribution in [2.24, 2.45) is 13.0 Å². The van der Waals surface area contributed by atoms with Crippen LogP contribution in [-0.2, 0) is 47.7 Å². The Kier molecular flexibility index (Phi) is 9.07. The minimum absolute atomic E-state index is 0.0483. The number of halogens is 3. The quantitative estimate of drug-likeness (QED) is 0.237. The van der Waals surface area contributed by atoms with Gasteiger partial charge < -0.3 is 19.9 Å². The molecule has 3 aromatic rings. The highest BCUT2D eigenvalue weighted by molar-refractivity contribution is 6.10. The third kappa shape index (κ3) is 6.89. The molecule has 1 aromatic carbocycles. The summed E-state index contributed by atoms with van der Waals surface area (Å²) >= 11 is 0. The molecule has 0 unspecified atom stereocenters. The standard InChI is InChI=1S/C33H39F3N8O3/c1-4-30(45)38-8-7-37-27-12-23(32(18-47-19-32)14-29-41-39-20-42(29)3)13-28(40-27)44-17-25-24(31(44)46)10-22(11-26(25)33(34,35)36)16-43-9-5-6-21(2)15-43/h4,10-13,20-21H,1,5-9,14-19H2,2-3H3,(H,37,40)(H,38,45)/t21-/m0/s1. The number of amides is 2. The van der Waals surface area contributed by atoms with Crippen LogP contribution in [0.15, 0.2) is 43.2 Å². The number of benzene rings is 1. The summed E-state index contributed by atoms with van der Waals surface area (Å²) in [6.45, 7) is 8.65. The predicted molar refractivity (Wildman–Crippen MR) is 169 cm³/mol. The Balaban J connectivity index is 1.34. The highest BCUT2D eigenvalue weighted by Gasteiger charge is 2.44. The molecule has 47 heavy (non-hydrogen) atoms. The Morgan fingerprint density at radius 3 is 2.68 bits per heavy atom. The molecule has 2 amide bonds. The number of ether oxygens (including phenoxy) is 1. The monoisotopic (exact) mass is 652 g/mol. The van der Waals surface area contributed by atoms with Gasteiger partial charge in [-0.15, -0.1) is 10.2 Å². The van der Waals surface area contributed by atoms with Gasteiger partial charge in [-0.2, -0.15) is 13.2 Å². The third-order valence-corrected chi connectivity index (χ3v) is 9.23. The molecule has 3 aliphatic heterocycles. The summed E-state index contributed by atoms with van der Waals surface area (Å²) in [5, 5.41) is 14.1.